The molecule has 2 heterocycles. The van der Waals surface area contributed by atoms with Crippen molar-refractivity contribution < 1.29 is 9.50 Å². The van der Waals surface area contributed by atoms with Crippen LogP contribution in [0.5, 0.6) is 0 Å². The number of halogens is 2. The summed E-state index contributed by atoms with van der Waals surface area (Å²) in [4.78, 5) is 8.99. The number of aryl methyl sites for hydroxylation is 1. The number of imidazole rings is 1. The lowest BCUT2D eigenvalue weighted by atomic mass is 9.80. The van der Waals surface area contributed by atoms with Crippen molar-refractivity contribution in [3.8, 4) is 6.07 Å². The lowest BCUT2D eigenvalue weighted by Gasteiger charge is -2.35. The van der Waals surface area contributed by atoms with E-state index in [0.717, 1.165) is 35.1 Å². The van der Waals surface area contributed by atoms with Crippen LogP contribution in [0.15, 0.2) is 22.8 Å². The third-order valence-electron chi connectivity index (χ3n) is 5.39. The molecule has 2 aromatic heterocycles. The number of nitrogens with zero attached hydrogens (tertiary/aromatic N) is 4. The SMILES string of the molecule is Cc1nc2cnc3cc(F)c(Br)cc3c2n1C1CCC(O)(CC#N)CC1. The molecule has 3 aromatic rings. The number of fused-ring (bicyclic) bond motifs is 3. The maximum atomic E-state index is 13.9. The summed E-state index contributed by atoms with van der Waals surface area (Å²) in [6.45, 7) is 1.96. The van der Waals surface area contributed by atoms with Crippen LogP contribution in [-0.2, 0) is 0 Å². The van der Waals surface area contributed by atoms with Crippen molar-refractivity contribution in [2.75, 3.05) is 0 Å². The molecule has 0 spiro atoms. The lowest BCUT2D eigenvalue weighted by Crippen LogP contribution is -2.34. The fourth-order valence-electron chi connectivity index (χ4n) is 4.06. The first-order chi connectivity index (χ1) is 12.4. The number of rotatable bonds is 2. The molecule has 0 saturated heterocycles. The van der Waals surface area contributed by atoms with Gasteiger partial charge in [-0.25, -0.2) is 9.37 Å². The van der Waals surface area contributed by atoms with Crippen LogP contribution in [0.3, 0.4) is 0 Å². The van der Waals surface area contributed by atoms with Gasteiger partial charge >= 0.3 is 0 Å². The van der Waals surface area contributed by atoms with Gasteiger partial charge in [-0.05, 0) is 54.6 Å². The van der Waals surface area contributed by atoms with E-state index in [4.69, 9.17) is 5.26 Å². The zero-order valence-electron chi connectivity index (χ0n) is 14.3. The number of benzene rings is 1. The molecular weight excluding hydrogens is 399 g/mol. The summed E-state index contributed by atoms with van der Waals surface area (Å²) >= 11 is 3.27. The van der Waals surface area contributed by atoms with Crippen LogP contribution in [0.1, 0.15) is 44.0 Å². The molecule has 0 amide bonds. The van der Waals surface area contributed by atoms with Gasteiger partial charge in [0.15, 0.2) is 0 Å². The summed E-state index contributed by atoms with van der Waals surface area (Å²) in [6.07, 6.45) is 4.58. The van der Waals surface area contributed by atoms with E-state index in [-0.39, 0.29) is 18.3 Å². The molecule has 5 nitrogen and oxygen atoms in total. The Balaban J connectivity index is 1.83. The summed E-state index contributed by atoms with van der Waals surface area (Å²) in [5.74, 6) is 0.539. The van der Waals surface area contributed by atoms with Gasteiger partial charge in [-0.3, -0.25) is 4.98 Å². The number of nitriles is 1. The van der Waals surface area contributed by atoms with Gasteiger partial charge in [0.25, 0.3) is 0 Å². The molecule has 0 atom stereocenters. The van der Waals surface area contributed by atoms with Crippen molar-refractivity contribution in [3.05, 3.63) is 34.4 Å². The van der Waals surface area contributed by atoms with Crippen molar-refractivity contribution >= 4 is 37.9 Å². The highest BCUT2D eigenvalue weighted by Gasteiger charge is 2.34. The maximum Gasteiger partial charge on any atom is 0.139 e. The zero-order valence-corrected chi connectivity index (χ0v) is 15.9. The molecule has 7 heteroatoms. The van der Waals surface area contributed by atoms with Gasteiger partial charge < -0.3 is 9.67 Å². The summed E-state index contributed by atoms with van der Waals surface area (Å²) < 4.78 is 16.5. The van der Waals surface area contributed by atoms with E-state index in [2.05, 4.69) is 36.5 Å². The Labute approximate surface area is 158 Å². The molecule has 0 aliphatic heterocycles. The number of pyridine rings is 1. The van der Waals surface area contributed by atoms with E-state index in [9.17, 15) is 9.50 Å². The lowest BCUT2D eigenvalue weighted by molar-refractivity contribution is -0.00299. The van der Waals surface area contributed by atoms with Crippen LogP contribution in [0.25, 0.3) is 21.9 Å². The van der Waals surface area contributed by atoms with Gasteiger partial charge in [0, 0.05) is 17.5 Å². The Kier molecular flexibility index (Phi) is 4.20. The van der Waals surface area contributed by atoms with Crippen LogP contribution >= 0.6 is 15.9 Å². The quantitative estimate of drug-likeness (QED) is 0.664. The molecule has 26 heavy (non-hydrogen) atoms. The van der Waals surface area contributed by atoms with Gasteiger partial charge in [0.05, 0.1) is 39.8 Å². The summed E-state index contributed by atoms with van der Waals surface area (Å²) in [5, 5.41) is 20.3. The largest absolute Gasteiger partial charge is 0.389 e. The van der Waals surface area contributed by atoms with Crippen molar-refractivity contribution in [2.24, 2.45) is 0 Å². The molecule has 1 aliphatic rings. The van der Waals surface area contributed by atoms with Crippen LogP contribution in [-0.4, -0.2) is 25.2 Å². The Bertz CT molecular complexity index is 1050. The topological polar surface area (TPSA) is 74.7 Å². The predicted molar refractivity (Wildman–Crippen MR) is 100 cm³/mol. The van der Waals surface area contributed by atoms with Gasteiger partial charge in [-0.15, -0.1) is 0 Å². The van der Waals surface area contributed by atoms with E-state index in [0.29, 0.717) is 22.8 Å². The van der Waals surface area contributed by atoms with Crippen molar-refractivity contribution in [1.29, 1.82) is 5.26 Å². The van der Waals surface area contributed by atoms with Crippen LogP contribution in [0.2, 0.25) is 0 Å². The summed E-state index contributed by atoms with van der Waals surface area (Å²) in [7, 11) is 0. The highest BCUT2D eigenvalue weighted by atomic mass is 79.9. The van der Waals surface area contributed by atoms with E-state index in [1.54, 1.807) is 12.3 Å². The van der Waals surface area contributed by atoms with E-state index < -0.39 is 5.60 Å². The fourth-order valence-corrected chi connectivity index (χ4v) is 4.40. The Morgan fingerprint density at radius 1 is 1.38 bits per heavy atom. The average molecular weight is 417 g/mol. The monoisotopic (exact) mass is 416 g/mol. The Morgan fingerprint density at radius 2 is 2.12 bits per heavy atom. The maximum absolute atomic E-state index is 13.9. The second kappa shape index (κ2) is 6.29. The first kappa shape index (κ1) is 17.4. The first-order valence-corrected chi connectivity index (χ1v) is 9.43. The predicted octanol–water partition coefficient (Wildman–Crippen LogP) is 4.55. The molecule has 1 saturated carbocycles. The van der Waals surface area contributed by atoms with Gasteiger partial charge in [0.2, 0.25) is 0 Å². The molecular formula is C19H18BrFN4O. The van der Waals surface area contributed by atoms with Crippen molar-refractivity contribution in [1.82, 2.24) is 14.5 Å². The third kappa shape index (κ3) is 2.78. The molecule has 0 unspecified atom stereocenters. The average Bonchev–Trinajstić information content (AvgIpc) is 2.93. The molecule has 1 N–H and O–H groups in total. The summed E-state index contributed by atoms with van der Waals surface area (Å²) in [5.41, 5.74) is 1.44. The molecule has 4 rings (SSSR count). The number of aromatic nitrogens is 3. The normalized spacial score (nSPS) is 23.4. The van der Waals surface area contributed by atoms with Crippen molar-refractivity contribution in [3.63, 3.8) is 0 Å². The molecule has 0 radical (unpaired) electrons. The number of hydrogen-bond acceptors (Lipinski definition) is 4. The molecule has 1 aliphatic carbocycles. The van der Waals surface area contributed by atoms with Crippen LogP contribution in [0.4, 0.5) is 4.39 Å². The highest BCUT2D eigenvalue weighted by molar-refractivity contribution is 9.10. The second-order valence-electron chi connectivity index (χ2n) is 7.09. The van der Waals surface area contributed by atoms with E-state index in [1.807, 2.05) is 6.92 Å². The Morgan fingerprint density at radius 3 is 2.81 bits per heavy atom. The van der Waals surface area contributed by atoms with E-state index >= 15 is 0 Å². The van der Waals surface area contributed by atoms with Gasteiger partial charge in [-0.1, -0.05) is 0 Å². The first-order valence-electron chi connectivity index (χ1n) is 8.63. The molecule has 1 aromatic carbocycles. The molecule has 0 bridgehead atoms. The minimum atomic E-state index is -0.884. The molecule has 134 valence electrons. The standard InChI is InChI=1S/C19H18BrFN4O/c1-11-24-17-10-23-16-9-15(21)14(20)8-13(16)18(17)25(11)12-2-4-19(26,5-3-12)6-7-22/h8-10,12,26H,2-6H2,1H3. The van der Waals surface area contributed by atoms with E-state index in [1.165, 1.54) is 6.07 Å². The zero-order chi connectivity index (χ0) is 18.5. The third-order valence-corrected chi connectivity index (χ3v) is 6.00. The minimum absolute atomic E-state index is 0.169. The summed E-state index contributed by atoms with van der Waals surface area (Å²) in [6, 6.07) is 5.46. The van der Waals surface area contributed by atoms with Crippen molar-refractivity contribution in [2.45, 2.75) is 50.7 Å². The smallest absolute Gasteiger partial charge is 0.139 e. The van der Waals surface area contributed by atoms with Gasteiger partial charge in [-0.2, -0.15) is 5.26 Å². The van der Waals surface area contributed by atoms with Crippen LogP contribution in [0, 0.1) is 24.1 Å². The fraction of sp³-hybridized carbons (Fsp3) is 0.421. The van der Waals surface area contributed by atoms with Crippen LogP contribution < -0.4 is 0 Å². The second-order valence-corrected chi connectivity index (χ2v) is 7.95. The van der Waals surface area contributed by atoms with Gasteiger partial charge in [0.1, 0.15) is 17.2 Å². The number of hydrogen-bond donors (Lipinski definition) is 1. The molecule has 1 fully saturated rings. The highest BCUT2D eigenvalue weighted by Crippen LogP contribution is 2.40. The minimum Gasteiger partial charge on any atom is -0.389 e. The Hall–Kier alpha value is -2.04. The number of aliphatic hydroxyl groups is 1.